The summed E-state index contributed by atoms with van der Waals surface area (Å²) in [5.74, 6) is 0. The summed E-state index contributed by atoms with van der Waals surface area (Å²) in [7, 11) is 0. The van der Waals surface area contributed by atoms with Crippen LogP contribution in [-0.4, -0.2) is 0 Å². The van der Waals surface area contributed by atoms with Crippen molar-refractivity contribution >= 4 is 44.6 Å². The minimum atomic E-state index is 0.827. The molecular weight excluding hydrogens is 609 g/mol. The lowest BCUT2D eigenvalue weighted by Crippen LogP contribution is -2.34. The van der Waals surface area contributed by atoms with Crippen molar-refractivity contribution in [2.24, 2.45) is 0 Å². The van der Waals surface area contributed by atoms with Crippen LogP contribution in [0.4, 0.5) is 22.7 Å². The minimum absolute atomic E-state index is 0.827. The summed E-state index contributed by atoms with van der Waals surface area (Å²) in [6.45, 7) is 1.65. The Labute approximate surface area is 293 Å². The average molecular weight is 649 g/mol. The fraction of sp³-hybridized carbons (Fsp3) is 0.0870. The van der Waals surface area contributed by atoms with Crippen LogP contribution in [0.2, 0.25) is 0 Å². The molecule has 4 heteroatoms. The van der Waals surface area contributed by atoms with Crippen molar-refractivity contribution in [3.05, 3.63) is 205 Å². The second kappa shape index (κ2) is 14.5. The van der Waals surface area contributed by atoms with Gasteiger partial charge in [0.15, 0.2) is 25.5 Å². The highest BCUT2D eigenvalue weighted by Gasteiger charge is 2.15. The molecule has 0 aliphatic carbocycles. The van der Waals surface area contributed by atoms with E-state index in [0.717, 1.165) is 48.7 Å². The highest BCUT2D eigenvalue weighted by molar-refractivity contribution is 5.91. The van der Waals surface area contributed by atoms with Gasteiger partial charge in [0.2, 0.25) is 11.0 Å². The highest BCUT2D eigenvalue weighted by atomic mass is 15.0. The number of anilines is 4. The number of para-hydroxylation sites is 4. The summed E-state index contributed by atoms with van der Waals surface area (Å²) in [6.07, 6.45) is 6.41. The number of benzene rings is 6. The Balaban J connectivity index is 0.899. The standard InChI is InChI=1S/C46H38N4/c1-3-11-39(12-4-1)47-43-29-31-49(45-17-9-7-15-41(43)45)33-37-25-21-35(22-26-37)19-20-36-23-27-38(28-24-36)34-50-32-30-44(42-16-8-10-18-46(42)50)48-40-13-5-2-6-14-40/h1-18,21-32H,19-20,33-34H2/p+2. The van der Waals surface area contributed by atoms with Gasteiger partial charge in [-0.2, -0.15) is 9.13 Å². The van der Waals surface area contributed by atoms with Gasteiger partial charge in [0.1, 0.15) is 0 Å². The van der Waals surface area contributed by atoms with Crippen LogP contribution >= 0.6 is 0 Å². The van der Waals surface area contributed by atoms with Crippen LogP contribution in [0.3, 0.4) is 0 Å². The fourth-order valence-corrected chi connectivity index (χ4v) is 6.73. The molecule has 0 spiro atoms. The van der Waals surface area contributed by atoms with Gasteiger partial charge in [0, 0.05) is 46.8 Å². The van der Waals surface area contributed by atoms with Crippen molar-refractivity contribution in [1.29, 1.82) is 0 Å². The van der Waals surface area contributed by atoms with Gasteiger partial charge in [-0.15, -0.1) is 0 Å². The molecular formula is C46H40N4+2. The molecule has 0 saturated carbocycles. The van der Waals surface area contributed by atoms with Crippen LogP contribution in [0, 0.1) is 0 Å². The second-order valence-corrected chi connectivity index (χ2v) is 12.9. The van der Waals surface area contributed by atoms with Gasteiger partial charge in [-0.3, -0.25) is 0 Å². The Bertz CT molecular complexity index is 2180. The molecule has 6 aromatic carbocycles. The summed E-state index contributed by atoms with van der Waals surface area (Å²) in [4.78, 5) is 0. The van der Waals surface area contributed by atoms with Crippen LogP contribution in [0.25, 0.3) is 21.8 Å². The summed E-state index contributed by atoms with van der Waals surface area (Å²) in [5, 5.41) is 9.59. The fourth-order valence-electron chi connectivity index (χ4n) is 6.73. The number of hydrogen-bond donors (Lipinski definition) is 2. The van der Waals surface area contributed by atoms with E-state index >= 15 is 0 Å². The predicted octanol–water partition coefficient (Wildman–Crippen LogP) is 9.94. The zero-order valence-corrected chi connectivity index (χ0v) is 28.0. The lowest BCUT2D eigenvalue weighted by molar-refractivity contribution is -0.662. The lowest BCUT2D eigenvalue weighted by Gasteiger charge is -2.10. The van der Waals surface area contributed by atoms with Crippen molar-refractivity contribution < 1.29 is 9.13 Å². The van der Waals surface area contributed by atoms with Gasteiger partial charge in [-0.05, 0) is 60.4 Å². The number of nitrogens with zero attached hydrogens (tertiary/aromatic N) is 2. The molecule has 50 heavy (non-hydrogen) atoms. The highest BCUT2D eigenvalue weighted by Crippen LogP contribution is 2.26. The Kier molecular flexibility index (Phi) is 8.98. The zero-order valence-electron chi connectivity index (χ0n) is 28.0. The third-order valence-corrected chi connectivity index (χ3v) is 9.41. The summed E-state index contributed by atoms with van der Waals surface area (Å²) in [5.41, 5.74) is 12.2. The molecule has 8 aromatic rings. The second-order valence-electron chi connectivity index (χ2n) is 12.9. The Hall–Kier alpha value is -6.26. The molecule has 2 aromatic heterocycles. The van der Waals surface area contributed by atoms with E-state index in [1.807, 2.05) is 12.1 Å². The molecule has 0 radical (unpaired) electrons. The molecule has 0 aliphatic rings. The Morgan fingerprint density at radius 1 is 0.340 bits per heavy atom. The van der Waals surface area contributed by atoms with Gasteiger partial charge in [0.25, 0.3) is 0 Å². The van der Waals surface area contributed by atoms with E-state index in [0.29, 0.717) is 0 Å². The molecule has 0 amide bonds. The van der Waals surface area contributed by atoms with Gasteiger partial charge in [0.05, 0.1) is 22.1 Å². The molecule has 8 rings (SSSR count). The van der Waals surface area contributed by atoms with Gasteiger partial charge < -0.3 is 10.6 Å². The quantitative estimate of drug-likeness (QED) is 0.137. The predicted molar refractivity (Wildman–Crippen MR) is 206 cm³/mol. The Morgan fingerprint density at radius 3 is 1.12 bits per heavy atom. The van der Waals surface area contributed by atoms with Crippen molar-refractivity contribution in [3.63, 3.8) is 0 Å². The molecule has 0 saturated heterocycles. The molecule has 0 atom stereocenters. The molecule has 242 valence electrons. The largest absolute Gasteiger partial charge is 0.355 e. The first kappa shape index (κ1) is 31.0. The number of hydrogen-bond acceptors (Lipinski definition) is 2. The van der Waals surface area contributed by atoms with E-state index in [4.69, 9.17) is 0 Å². The third-order valence-electron chi connectivity index (χ3n) is 9.41. The number of pyridine rings is 2. The monoisotopic (exact) mass is 648 g/mol. The summed E-state index contributed by atoms with van der Waals surface area (Å²) >= 11 is 0. The van der Waals surface area contributed by atoms with Crippen molar-refractivity contribution in [2.75, 3.05) is 10.6 Å². The van der Waals surface area contributed by atoms with Gasteiger partial charge in [-0.1, -0.05) is 109 Å². The van der Waals surface area contributed by atoms with Crippen LogP contribution < -0.4 is 19.8 Å². The lowest BCUT2D eigenvalue weighted by atomic mass is 10.0. The topological polar surface area (TPSA) is 31.8 Å². The maximum atomic E-state index is 3.59. The molecule has 4 nitrogen and oxygen atoms in total. The van der Waals surface area contributed by atoms with E-state index in [-0.39, 0.29) is 0 Å². The summed E-state index contributed by atoms with van der Waals surface area (Å²) in [6, 6.07) is 60.5. The van der Waals surface area contributed by atoms with E-state index < -0.39 is 0 Å². The van der Waals surface area contributed by atoms with Crippen molar-refractivity contribution in [3.8, 4) is 0 Å². The molecule has 0 aliphatic heterocycles. The third kappa shape index (κ3) is 7.11. The normalized spacial score (nSPS) is 11.1. The van der Waals surface area contributed by atoms with Crippen LogP contribution in [-0.2, 0) is 25.9 Å². The number of fused-ring (bicyclic) bond motifs is 2. The maximum absolute atomic E-state index is 3.59. The smallest absolute Gasteiger partial charge is 0.214 e. The van der Waals surface area contributed by atoms with E-state index in [1.165, 1.54) is 44.1 Å². The summed E-state index contributed by atoms with van der Waals surface area (Å²) < 4.78 is 4.66. The molecule has 0 bridgehead atoms. The van der Waals surface area contributed by atoms with Gasteiger partial charge in [-0.25, -0.2) is 0 Å². The van der Waals surface area contributed by atoms with E-state index in [9.17, 15) is 0 Å². The van der Waals surface area contributed by atoms with Crippen LogP contribution in [0.5, 0.6) is 0 Å². The molecule has 0 unspecified atom stereocenters. The van der Waals surface area contributed by atoms with Crippen LogP contribution in [0.1, 0.15) is 22.3 Å². The SMILES string of the molecule is c1ccc(Nc2cc[n+](Cc3ccc(CCc4ccc(C[n+]5ccc(Nc6ccccc6)c6ccccc65)cc4)cc3)c3ccccc23)cc1. The first-order valence-electron chi connectivity index (χ1n) is 17.4. The Morgan fingerprint density at radius 2 is 0.700 bits per heavy atom. The first-order chi connectivity index (χ1) is 24.7. The molecule has 2 N–H and O–H groups in total. The number of aryl methyl sites for hydroxylation is 2. The average Bonchev–Trinajstić information content (AvgIpc) is 3.18. The maximum Gasteiger partial charge on any atom is 0.214 e. The molecule has 2 heterocycles. The minimum Gasteiger partial charge on any atom is -0.355 e. The van der Waals surface area contributed by atoms with Crippen molar-refractivity contribution in [1.82, 2.24) is 0 Å². The van der Waals surface area contributed by atoms with Crippen LogP contribution in [0.15, 0.2) is 182 Å². The number of rotatable bonds is 11. The van der Waals surface area contributed by atoms with E-state index in [2.05, 4.69) is 190 Å². The van der Waals surface area contributed by atoms with Gasteiger partial charge >= 0.3 is 0 Å². The molecule has 0 fully saturated rings. The zero-order chi connectivity index (χ0) is 33.5. The van der Waals surface area contributed by atoms with Crippen molar-refractivity contribution in [2.45, 2.75) is 25.9 Å². The first-order valence-corrected chi connectivity index (χ1v) is 17.4. The number of nitrogens with one attached hydrogen (secondary N) is 2. The number of aromatic nitrogens is 2. The van der Waals surface area contributed by atoms with E-state index in [1.54, 1.807) is 0 Å².